The van der Waals surface area contributed by atoms with Gasteiger partial charge in [-0.1, -0.05) is 11.6 Å². The lowest BCUT2D eigenvalue weighted by Gasteiger charge is -2.24. The molecule has 0 bridgehead atoms. The molecule has 0 unspecified atom stereocenters. The molecule has 3 N–H and O–H groups in total. The molecule has 0 fully saturated rings. The maximum atomic E-state index is 12.0. The molecule has 1 heterocycles. The molecule has 1 aromatic rings. The largest absolute Gasteiger partial charge is 0.382 e. The fraction of sp³-hybridized carbons (Fsp3) is 0.545. The van der Waals surface area contributed by atoms with Gasteiger partial charge in [0.15, 0.2) is 0 Å². The summed E-state index contributed by atoms with van der Waals surface area (Å²) in [5.74, 6) is 0.0928. The van der Waals surface area contributed by atoms with E-state index in [-0.39, 0.29) is 22.3 Å². The molecule has 0 aromatic carbocycles. The first-order valence-corrected chi connectivity index (χ1v) is 7.59. The molecular weight excluding hydrogens is 290 g/mol. The van der Waals surface area contributed by atoms with Crippen molar-refractivity contribution in [2.75, 3.05) is 18.9 Å². The van der Waals surface area contributed by atoms with E-state index in [9.17, 15) is 8.42 Å². The van der Waals surface area contributed by atoms with Crippen LogP contribution in [0.2, 0.25) is 5.02 Å². The molecule has 0 atom stereocenters. The van der Waals surface area contributed by atoms with Gasteiger partial charge in [-0.05, 0) is 26.8 Å². The minimum absolute atomic E-state index is 0.0287. The van der Waals surface area contributed by atoms with Crippen LogP contribution in [0.15, 0.2) is 17.2 Å². The van der Waals surface area contributed by atoms with Gasteiger partial charge in [0.2, 0.25) is 10.0 Å². The second-order valence-corrected chi connectivity index (χ2v) is 6.73. The molecule has 0 spiro atoms. The monoisotopic (exact) mass is 307 g/mol. The van der Waals surface area contributed by atoms with E-state index in [0.717, 1.165) is 6.20 Å². The molecule has 6 nitrogen and oxygen atoms in total. The maximum Gasteiger partial charge on any atom is 0.242 e. The van der Waals surface area contributed by atoms with Crippen LogP contribution in [0.1, 0.15) is 20.8 Å². The zero-order chi connectivity index (χ0) is 14.7. The van der Waals surface area contributed by atoms with Crippen molar-refractivity contribution in [1.82, 2.24) is 9.71 Å². The normalized spacial score (nSPS) is 12.6. The maximum absolute atomic E-state index is 12.0. The fourth-order valence-corrected chi connectivity index (χ4v) is 2.77. The minimum atomic E-state index is -3.68. The number of nitrogens with one attached hydrogen (secondary N) is 1. The molecule has 0 aliphatic rings. The quantitative estimate of drug-likeness (QED) is 0.828. The van der Waals surface area contributed by atoms with Gasteiger partial charge in [-0.2, -0.15) is 0 Å². The lowest BCUT2D eigenvalue weighted by molar-refractivity contribution is -0.00515. The van der Waals surface area contributed by atoms with Gasteiger partial charge in [0.05, 0.1) is 10.6 Å². The third-order valence-electron chi connectivity index (χ3n) is 2.38. The highest BCUT2D eigenvalue weighted by Crippen LogP contribution is 2.20. The lowest BCUT2D eigenvalue weighted by atomic mass is 10.1. The summed E-state index contributed by atoms with van der Waals surface area (Å²) < 4.78 is 32.0. The lowest BCUT2D eigenvalue weighted by Crippen LogP contribution is -2.40. The van der Waals surface area contributed by atoms with Crippen molar-refractivity contribution in [1.29, 1.82) is 0 Å². The Hall–Kier alpha value is -0.890. The summed E-state index contributed by atoms with van der Waals surface area (Å²) in [6.45, 7) is 6.09. The van der Waals surface area contributed by atoms with Crippen LogP contribution in [-0.2, 0) is 14.8 Å². The first-order valence-electron chi connectivity index (χ1n) is 5.72. The van der Waals surface area contributed by atoms with Crippen molar-refractivity contribution in [3.63, 3.8) is 0 Å². The van der Waals surface area contributed by atoms with E-state index in [0.29, 0.717) is 6.61 Å². The Morgan fingerprint density at radius 1 is 1.53 bits per heavy atom. The Labute approximate surface area is 118 Å². The zero-order valence-corrected chi connectivity index (χ0v) is 12.7. The first-order chi connectivity index (χ1) is 8.68. The highest BCUT2D eigenvalue weighted by atomic mass is 35.5. The third-order valence-corrected chi connectivity index (χ3v) is 4.05. The zero-order valence-electron chi connectivity index (χ0n) is 11.1. The number of nitrogen functional groups attached to an aromatic ring is 1. The van der Waals surface area contributed by atoms with Crippen LogP contribution in [0.3, 0.4) is 0 Å². The van der Waals surface area contributed by atoms with Gasteiger partial charge in [-0.3, -0.25) is 0 Å². The number of sulfonamides is 1. The van der Waals surface area contributed by atoms with E-state index >= 15 is 0 Å². The molecule has 1 aromatic heterocycles. The summed E-state index contributed by atoms with van der Waals surface area (Å²) in [7, 11) is -3.68. The van der Waals surface area contributed by atoms with Gasteiger partial charge in [0.1, 0.15) is 10.7 Å². The van der Waals surface area contributed by atoms with Crippen LogP contribution < -0.4 is 10.5 Å². The second-order valence-electron chi connectivity index (χ2n) is 4.56. The number of halogens is 1. The minimum Gasteiger partial charge on any atom is -0.382 e. The number of aromatic nitrogens is 1. The van der Waals surface area contributed by atoms with E-state index in [1.54, 1.807) is 13.8 Å². The van der Waals surface area contributed by atoms with E-state index in [2.05, 4.69) is 9.71 Å². The molecule has 108 valence electrons. The van der Waals surface area contributed by atoms with Crippen molar-refractivity contribution < 1.29 is 13.2 Å². The van der Waals surface area contributed by atoms with Crippen molar-refractivity contribution in [3.8, 4) is 0 Å². The topological polar surface area (TPSA) is 94.3 Å². The number of hydrogen-bond acceptors (Lipinski definition) is 5. The number of ether oxygens (including phenoxy) is 1. The van der Waals surface area contributed by atoms with Crippen LogP contribution in [0, 0.1) is 0 Å². The van der Waals surface area contributed by atoms with Crippen LogP contribution in [0.5, 0.6) is 0 Å². The predicted molar refractivity (Wildman–Crippen MR) is 74.6 cm³/mol. The number of nitrogens with zero attached hydrogens (tertiary/aromatic N) is 1. The third kappa shape index (κ3) is 4.61. The highest BCUT2D eigenvalue weighted by molar-refractivity contribution is 7.89. The van der Waals surface area contributed by atoms with Gasteiger partial charge in [-0.25, -0.2) is 18.1 Å². The standard InChI is InChI=1S/C11H18ClN3O3S/c1-4-18-11(2,3)7-15-19(16,17)8-5-9(12)10(13)14-6-8/h5-6,15H,4,7H2,1-3H3,(H2,13,14). The summed E-state index contributed by atoms with van der Waals surface area (Å²) >= 11 is 5.76. The summed E-state index contributed by atoms with van der Waals surface area (Å²) in [6, 6.07) is 1.26. The molecule has 0 saturated carbocycles. The van der Waals surface area contributed by atoms with Crippen LogP contribution in [0.4, 0.5) is 5.82 Å². The van der Waals surface area contributed by atoms with Crippen molar-refractivity contribution in [2.45, 2.75) is 31.3 Å². The number of nitrogens with two attached hydrogens (primary N) is 1. The fourth-order valence-electron chi connectivity index (χ4n) is 1.37. The molecule has 1 rings (SSSR count). The SMILES string of the molecule is CCOC(C)(C)CNS(=O)(=O)c1cnc(N)c(Cl)c1. The van der Waals surface area contributed by atoms with Crippen LogP contribution in [0.25, 0.3) is 0 Å². The molecule has 0 saturated heterocycles. The van der Waals surface area contributed by atoms with E-state index in [1.165, 1.54) is 6.07 Å². The average molecular weight is 308 g/mol. The van der Waals surface area contributed by atoms with Crippen LogP contribution in [-0.4, -0.2) is 32.2 Å². The van der Waals surface area contributed by atoms with Crippen molar-refractivity contribution >= 4 is 27.4 Å². The summed E-state index contributed by atoms with van der Waals surface area (Å²) in [5, 5.41) is 0.104. The predicted octanol–water partition coefficient (Wildman–Crippen LogP) is 1.41. The molecule has 0 amide bonds. The number of rotatable bonds is 6. The van der Waals surface area contributed by atoms with Gasteiger partial charge in [-0.15, -0.1) is 0 Å². The smallest absolute Gasteiger partial charge is 0.242 e. The Kier molecular flexibility index (Phi) is 5.14. The number of pyridine rings is 1. The summed E-state index contributed by atoms with van der Waals surface area (Å²) in [4.78, 5) is 3.69. The van der Waals surface area contributed by atoms with Gasteiger partial charge >= 0.3 is 0 Å². The molecule has 19 heavy (non-hydrogen) atoms. The average Bonchev–Trinajstić information content (AvgIpc) is 2.30. The van der Waals surface area contributed by atoms with E-state index in [4.69, 9.17) is 22.1 Å². The van der Waals surface area contributed by atoms with Gasteiger partial charge < -0.3 is 10.5 Å². The molecule has 8 heteroatoms. The summed E-state index contributed by atoms with van der Waals surface area (Å²) in [6.07, 6.45) is 1.16. The van der Waals surface area contributed by atoms with Crippen LogP contribution >= 0.6 is 11.6 Å². The molecule has 0 aliphatic heterocycles. The number of anilines is 1. The Morgan fingerprint density at radius 3 is 2.68 bits per heavy atom. The molecular formula is C11H18ClN3O3S. The molecule has 0 aliphatic carbocycles. The van der Waals surface area contributed by atoms with Gasteiger partial charge in [0, 0.05) is 19.3 Å². The number of hydrogen-bond donors (Lipinski definition) is 2. The van der Waals surface area contributed by atoms with E-state index < -0.39 is 15.6 Å². The van der Waals surface area contributed by atoms with Crippen molar-refractivity contribution in [2.24, 2.45) is 0 Å². The Morgan fingerprint density at radius 2 is 2.16 bits per heavy atom. The van der Waals surface area contributed by atoms with E-state index in [1.807, 2.05) is 6.92 Å². The summed E-state index contributed by atoms with van der Waals surface area (Å²) in [5.41, 5.74) is 4.85. The second kappa shape index (κ2) is 6.04. The Bertz CT molecular complexity index is 546. The Balaban J connectivity index is 2.84. The highest BCUT2D eigenvalue weighted by Gasteiger charge is 2.23. The van der Waals surface area contributed by atoms with Crippen molar-refractivity contribution in [3.05, 3.63) is 17.3 Å². The molecule has 0 radical (unpaired) electrons. The van der Waals surface area contributed by atoms with Gasteiger partial charge in [0.25, 0.3) is 0 Å². The first kappa shape index (κ1) is 16.2.